The molecule has 0 spiro atoms. The number of carbonyl (C=O) groups is 2. The van der Waals surface area contributed by atoms with E-state index >= 15 is 0 Å². The van der Waals surface area contributed by atoms with Crippen LogP contribution in [0.15, 0.2) is 72.9 Å². The molecule has 10 heteroatoms. The van der Waals surface area contributed by atoms with Crippen LogP contribution in [-0.2, 0) is 4.74 Å². The van der Waals surface area contributed by atoms with Crippen molar-refractivity contribution in [2.24, 2.45) is 5.73 Å². The maximum absolute atomic E-state index is 13.0. The number of anilines is 2. The van der Waals surface area contributed by atoms with E-state index in [1.54, 1.807) is 55.8 Å². The van der Waals surface area contributed by atoms with Gasteiger partial charge >= 0.3 is 6.03 Å². The minimum atomic E-state index is -0.645. The molecule has 0 bridgehead atoms. The van der Waals surface area contributed by atoms with Gasteiger partial charge in [-0.25, -0.2) is 9.18 Å². The fourth-order valence-corrected chi connectivity index (χ4v) is 3.34. The number of methoxy groups -OCH3 is 1. The summed E-state index contributed by atoms with van der Waals surface area (Å²) in [6, 6.07) is 16.5. The molecule has 9 nitrogen and oxygen atoms in total. The lowest BCUT2D eigenvalue weighted by Gasteiger charge is -2.13. The second kappa shape index (κ2) is 11.2. The van der Waals surface area contributed by atoms with Crippen LogP contribution in [-0.4, -0.2) is 37.2 Å². The van der Waals surface area contributed by atoms with E-state index < -0.39 is 11.9 Å². The van der Waals surface area contributed by atoms with E-state index in [2.05, 4.69) is 15.6 Å². The number of ether oxygens (including phenoxy) is 3. The second-order valence-corrected chi connectivity index (χ2v) is 7.59. The number of hydrogen-bond donors (Lipinski definition) is 3. The molecule has 3 aromatic carbocycles. The molecule has 4 aromatic rings. The highest BCUT2D eigenvalue weighted by Crippen LogP contribution is 2.33. The van der Waals surface area contributed by atoms with Crippen LogP contribution in [0.25, 0.3) is 10.9 Å². The van der Waals surface area contributed by atoms with Gasteiger partial charge in [-0.3, -0.25) is 9.78 Å². The minimum absolute atomic E-state index is 0.197. The van der Waals surface area contributed by atoms with E-state index in [9.17, 15) is 14.0 Å². The molecule has 0 aliphatic carbocycles. The van der Waals surface area contributed by atoms with E-state index in [1.165, 1.54) is 24.3 Å². The van der Waals surface area contributed by atoms with Crippen molar-refractivity contribution < 1.29 is 28.2 Å². The number of carbonyl (C=O) groups excluding carboxylic acids is 2. The lowest BCUT2D eigenvalue weighted by atomic mass is 10.1. The largest absolute Gasteiger partial charge is 0.490 e. The Hall–Kier alpha value is -4.70. The Morgan fingerprint density at radius 3 is 2.22 bits per heavy atom. The number of benzene rings is 3. The summed E-state index contributed by atoms with van der Waals surface area (Å²) in [5, 5.41) is 5.88. The highest BCUT2D eigenvalue weighted by molar-refractivity contribution is 6.01. The van der Waals surface area contributed by atoms with Gasteiger partial charge in [0.2, 0.25) is 0 Å². The van der Waals surface area contributed by atoms with Crippen molar-refractivity contribution in [3.05, 3.63) is 84.3 Å². The summed E-state index contributed by atoms with van der Waals surface area (Å²) in [5.41, 5.74) is 7.29. The number of nitrogens with zero attached hydrogens (tertiary/aromatic N) is 1. The molecule has 0 unspecified atom stereocenters. The third-order valence-electron chi connectivity index (χ3n) is 5.06. The van der Waals surface area contributed by atoms with Crippen LogP contribution >= 0.6 is 0 Å². The smallest absolute Gasteiger partial charge is 0.323 e. The molecule has 0 aliphatic rings. The molecule has 1 aromatic heterocycles. The first-order valence-corrected chi connectivity index (χ1v) is 10.9. The van der Waals surface area contributed by atoms with Gasteiger partial charge in [0.05, 0.1) is 17.7 Å². The van der Waals surface area contributed by atoms with E-state index in [1.807, 2.05) is 0 Å². The molecule has 4 rings (SSSR count). The fraction of sp³-hybridized carbons (Fsp3) is 0.115. The number of rotatable bonds is 9. The monoisotopic (exact) mass is 490 g/mol. The first kappa shape index (κ1) is 24.4. The van der Waals surface area contributed by atoms with E-state index in [0.29, 0.717) is 46.1 Å². The molecule has 184 valence electrons. The SMILES string of the molecule is COCCOc1cc2nccc(Oc3ccc(NC(=O)Nc4ccc(F)cc4)cc3)c2cc1C(N)=O. The number of amides is 3. The average Bonchev–Trinajstić information content (AvgIpc) is 2.86. The second-order valence-electron chi connectivity index (χ2n) is 7.59. The number of pyridine rings is 1. The van der Waals surface area contributed by atoms with Gasteiger partial charge in [0.15, 0.2) is 0 Å². The first-order valence-electron chi connectivity index (χ1n) is 10.9. The van der Waals surface area contributed by atoms with Crippen LogP contribution in [0.3, 0.4) is 0 Å². The van der Waals surface area contributed by atoms with Gasteiger partial charge in [0, 0.05) is 36.1 Å². The molecule has 0 saturated carbocycles. The molecule has 0 saturated heterocycles. The molecule has 0 fully saturated rings. The predicted molar refractivity (Wildman–Crippen MR) is 133 cm³/mol. The average molecular weight is 490 g/mol. The Morgan fingerprint density at radius 2 is 1.58 bits per heavy atom. The number of fused-ring (bicyclic) bond motifs is 1. The van der Waals surface area contributed by atoms with Gasteiger partial charge in [-0.05, 0) is 60.7 Å². The maximum Gasteiger partial charge on any atom is 0.323 e. The number of urea groups is 1. The van der Waals surface area contributed by atoms with Gasteiger partial charge < -0.3 is 30.6 Å². The number of nitrogens with two attached hydrogens (primary N) is 1. The Bertz CT molecular complexity index is 1380. The summed E-state index contributed by atoms with van der Waals surface area (Å²) in [6.07, 6.45) is 1.58. The van der Waals surface area contributed by atoms with Crippen LogP contribution in [0.5, 0.6) is 17.2 Å². The van der Waals surface area contributed by atoms with Gasteiger partial charge in [-0.1, -0.05) is 0 Å². The van der Waals surface area contributed by atoms with Crippen LogP contribution in [0.2, 0.25) is 0 Å². The Kier molecular flexibility index (Phi) is 7.57. The van der Waals surface area contributed by atoms with Gasteiger partial charge in [0.1, 0.15) is 29.7 Å². The molecule has 4 N–H and O–H groups in total. The molecule has 36 heavy (non-hydrogen) atoms. The third-order valence-corrected chi connectivity index (χ3v) is 5.06. The third kappa shape index (κ3) is 6.05. The number of hydrogen-bond acceptors (Lipinski definition) is 6. The normalized spacial score (nSPS) is 10.6. The summed E-state index contributed by atoms with van der Waals surface area (Å²) >= 11 is 0. The van der Waals surface area contributed by atoms with Crippen molar-refractivity contribution in [1.29, 1.82) is 0 Å². The lowest BCUT2D eigenvalue weighted by Crippen LogP contribution is -2.19. The van der Waals surface area contributed by atoms with Crippen molar-refractivity contribution in [2.75, 3.05) is 31.0 Å². The zero-order chi connectivity index (χ0) is 25.5. The lowest BCUT2D eigenvalue weighted by molar-refractivity contribution is 0.0992. The Morgan fingerprint density at radius 1 is 0.917 bits per heavy atom. The molecule has 1 heterocycles. The van der Waals surface area contributed by atoms with Crippen LogP contribution in [0.1, 0.15) is 10.4 Å². The van der Waals surface area contributed by atoms with E-state index in [-0.39, 0.29) is 18.0 Å². The Balaban J connectivity index is 1.48. The highest BCUT2D eigenvalue weighted by Gasteiger charge is 2.15. The Labute approximate surface area is 206 Å². The first-order chi connectivity index (χ1) is 17.4. The molecule has 0 atom stereocenters. The molecular weight excluding hydrogens is 467 g/mol. The van der Waals surface area contributed by atoms with E-state index in [0.717, 1.165) is 0 Å². The fourth-order valence-electron chi connectivity index (χ4n) is 3.34. The van der Waals surface area contributed by atoms with Gasteiger partial charge in [-0.2, -0.15) is 0 Å². The zero-order valence-corrected chi connectivity index (χ0v) is 19.3. The summed E-state index contributed by atoms with van der Waals surface area (Å²) in [4.78, 5) is 28.5. The number of nitrogens with one attached hydrogen (secondary N) is 2. The van der Waals surface area contributed by atoms with Crippen molar-refractivity contribution in [2.45, 2.75) is 0 Å². The predicted octanol–water partition coefficient (Wildman–Crippen LogP) is 4.93. The van der Waals surface area contributed by atoms with Crippen LogP contribution in [0.4, 0.5) is 20.6 Å². The van der Waals surface area contributed by atoms with Gasteiger partial charge in [0.25, 0.3) is 5.91 Å². The van der Waals surface area contributed by atoms with Crippen molar-refractivity contribution in [3.8, 4) is 17.2 Å². The molecular formula is C26H23FN4O5. The van der Waals surface area contributed by atoms with Crippen molar-refractivity contribution in [3.63, 3.8) is 0 Å². The maximum atomic E-state index is 13.0. The summed E-state index contributed by atoms with van der Waals surface area (Å²) < 4.78 is 29.6. The van der Waals surface area contributed by atoms with Gasteiger partial charge in [-0.15, -0.1) is 0 Å². The quantitative estimate of drug-likeness (QED) is 0.286. The van der Waals surface area contributed by atoms with Crippen LogP contribution < -0.4 is 25.8 Å². The molecule has 0 aliphatic heterocycles. The van der Waals surface area contributed by atoms with Crippen molar-refractivity contribution >= 4 is 34.2 Å². The highest BCUT2D eigenvalue weighted by atomic mass is 19.1. The number of primary amides is 1. The van der Waals surface area contributed by atoms with E-state index in [4.69, 9.17) is 19.9 Å². The summed E-state index contributed by atoms with van der Waals surface area (Å²) in [6.45, 7) is 0.604. The van der Waals surface area contributed by atoms with Crippen molar-refractivity contribution in [1.82, 2.24) is 4.98 Å². The minimum Gasteiger partial charge on any atom is -0.490 e. The number of aromatic nitrogens is 1. The molecule has 3 amide bonds. The standard InChI is InChI=1S/C26H23FN4O5/c1-34-12-13-35-24-15-22-20(14-21(24)25(28)32)23(10-11-29-22)36-19-8-6-18(7-9-19)31-26(33)30-17-4-2-16(27)3-5-17/h2-11,14-15H,12-13H2,1H3,(H2,28,32)(H2,30,31,33). The summed E-state index contributed by atoms with van der Waals surface area (Å²) in [7, 11) is 1.55. The molecule has 0 radical (unpaired) electrons. The summed E-state index contributed by atoms with van der Waals surface area (Å²) in [5.74, 6) is 0.230. The topological polar surface area (TPSA) is 125 Å². The van der Waals surface area contributed by atoms with Crippen LogP contribution in [0, 0.1) is 5.82 Å². The number of halogens is 1. The zero-order valence-electron chi connectivity index (χ0n) is 19.3.